The molecule has 0 spiro atoms. The van der Waals surface area contributed by atoms with E-state index in [2.05, 4.69) is 24.4 Å². The van der Waals surface area contributed by atoms with Gasteiger partial charge in [0.2, 0.25) is 0 Å². The maximum absolute atomic E-state index is 6.12. The lowest BCUT2D eigenvalue weighted by molar-refractivity contribution is 0.309. The summed E-state index contributed by atoms with van der Waals surface area (Å²) < 4.78 is 10.9. The van der Waals surface area contributed by atoms with E-state index in [1.165, 1.54) is 5.56 Å². The van der Waals surface area contributed by atoms with Crippen LogP contribution in [-0.4, -0.2) is 13.7 Å². The third kappa shape index (κ3) is 4.85. The van der Waals surface area contributed by atoms with Crippen molar-refractivity contribution in [2.24, 2.45) is 0 Å². The lowest BCUT2D eigenvalue weighted by Crippen LogP contribution is -2.01. The first kappa shape index (κ1) is 16.5. The third-order valence-corrected chi connectivity index (χ3v) is 3.61. The molecule has 118 valence electrons. The first-order chi connectivity index (χ1) is 10.7. The van der Waals surface area contributed by atoms with Crippen LogP contribution in [0.15, 0.2) is 42.5 Å². The predicted molar refractivity (Wildman–Crippen MR) is 92.2 cm³/mol. The van der Waals surface area contributed by atoms with Crippen LogP contribution in [0, 0.1) is 0 Å². The molecule has 2 aromatic carbocycles. The van der Waals surface area contributed by atoms with Crippen LogP contribution in [0.1, 0.15) is 25.3 Å². The summed E-state index contributed by atoms with van der Waals surface area (Å²) in [6.07, 6.45) is 2.21. The van der Waals surface area contributed by atoms with Gasteiger partial charge in [-0.3, -0.25) is 0 Å². The molecule has 0 fully saturated rings. The topological polar surface area (TPSA) is 30.5 Å². The molecule has 0 aromatic heterocycles. The minimum atomic E-state index is 0.601. The average molecular weight is 320 g/mol. The van der Waals surface area contributed by atoms with E-state index >= 15 is 0 Å². The maximum Gasteiger partial charge on any atom is 0.137 e. The molecule has 3 nitrogen and oxygen atoms in total. The van der Waals surface area contributed by atoms with Gasteiger partial charge in [-0.1, -0.05) is 37.1 Å². The van der Waals surface area contributed by atoms with Crippen molar-refractivity contribution in [3.63, 3.8) is 0 Å². The Morgan fingerprint density at radius 2 is 2.00 bits per heavy atom. The molecule has 0 saturated heterocycles. The van der Waals surface area contributed by atoms with Gasteiger partial charge in [0, 0.05) is 12.2 Å². The Kier molecular flexibility index (Phi) is 6.41. The van der Waals surface area contributed by atoms with Gasteiger partial charge in [-0.05, 0) is 42.3 Å². The smallest absolute Gasteiger partial charge is 0.137 e. The van der Waals surface area contributed by atoms with E-state index < -0.39 is 0 Å². The first-order valence-corrected chi connectivity index (χ1v) is 7.90. The van der Waals surface area contributed by atoms with Crippen LogP contribution < -0.4 is 14.8 Å². The standard InChI is InChI=1S/C18H22ClNO2/c1-3-4-10-22-16-7-5-6-14(11-16)13-20-15-8-9-18(21-2)17(19)12-15/h5-9,11-12,20H,3-4,10,13H2,1-2H3. The Labute approximate surface area is 137 Å². The zero-order valence-electron chi connectivity index (χ0n) is 13.1. The van der Waals surface area contributed by atoms with Crippen LogP contribution in [0.25, 0.3) is 0 Å². The summed E-state index contributed by atoms with van der Waals surface area (Å²) in [5.74, 6) is 1.60. The molecule has 0 unspecified atom stereocenters. The number of halogens is 1. The highest BCUT2D eigenvalue weighted by Gasteiger charge is 2.02. The zero-order valence-corrected chi connectivity index (χ0v) is 13.8. The van der Waals surface area contributed by atoms with E-state index in [9.17, 15) is 0 Å². The Balaban J connectivity index is 1.93. The fourth-order valence-electron chi connectivity index (χ4n) is 2.06. The van der Waals surface area contributed by atoms with Gasteiger partial charge in [0.1, 0.15) is 11.5 Å². The maximum atomic E-state index is 6.12. The van der Waals surface area contributed by atoms with Crippen molar-refractivity contribution in [2.45, 2.75) is 26.3 Å². The fraction of sp³-hybridized carbons (Fsp3) is 0.333. The molecule has 0 aliphatic rings. The Morgan fingerprint density at radius 1 is 1.14 bits per heavy atom. The highest BCUT2D eigenvalue weighted by Crippen LogP contribution is 2.27. The summed E-state index contributed by atoms with van der Waals surface area (Å²) >= 11 is 6.12. The summed E-state index contributed by atoms with van der Waals surface area (Å²) in [5, 5.41) is 3.95. The van der Waals surface area contributed by atoms with Crippen molar-refractivity contribution in [3.8, 4) is 11.5 Å². The van der Waals surface area contributed by atoms with Gasteiger partial charge in [-0.2, -0.15) is 0 Å². The van der Waals surface area contributed by atoms with Crippen molar-refractivity contribution in [2.75, 3.05) is 19.0 Å². The molecule has 22 heavy (non-hydrogen) atoms. The summed E-state index contributed by atoms with van der Waals surface area (Å²) in [7, 11) is 1.61. The number of unbranched alkanes of at least 4 members (excludes halogenated alkanes) is 1. The fourth-order valence-corrected chi connectivity index (χ4v) is 2.32. The molecule has 2 rings (SSSR count). The number of benzene rings is 2. The Bertz CT molecular complexity index is 601. The van der Waals surface area contributed by atoms with E-state index in [1.54, 1.807) is 7.11 Å². The molecule has 0 aliphatic carbocycles. The largest absolute Gasteiger partial charge is 0.495 e. The molecule has 0 atom stereocenters. The lowest BCUT2D eigenvalue weighted by Gasteiger charge is -2.11. The highest BCUT2D eigenvalue weighted by atomic mass is 35.5. The van der Waals surface area contributed by atoms with Crippen molar-refractivity contribution in [1.29, 1.82) is 0 Å². The molecule has 0 bridgehead atoms. The molecule has 2 aromatic rings. The van der Waals surface area contributed by atoms with E-state index in [0.717, 1.165) is 30.9 Å². The van der Waals surface area contributed by atoms with Gasteiger partial charge < -0.3 is 14.8 Å². The second kappa shape index (κ2) is 8.54. The highest BCUT2D eigenvalue weighted by molar-refractivity contribution is 6.32. The minimum absolute atomic E-state index is 0.601. The molecule has 0 radical (unpaired) electrons. The molecule has 4 heteroatoms. The molecule has 0 aliphatic heterocycles. The number of anilines is 1. The van der Waals surface area contributed by atoms with Crippen molar-refractivity contribution in [1.82, 2.24) is 0 Å². The second-order valence-electron chi connectivity index (χ2n) is 5.05. The van der Waals surface area contributed by atoms with E-state index in [1.807, 2.05) is 30.3 Å². The predicted octanol–water partition coefficient (Wildman–Crippen LogP) is 5.14. The number of ether oxygens (including phenoxy) is 2. The van der Waals surface area contributed by atoms with Crippen LogP contribution in [0.4, 0.5) is 5.69 Å². The second-order valence-corrected chi connectivity index (χ2v) is 5.46. The Hall–Kier alpha value is -1.87. The lowest BCUT2D eigenvalue weighted by atomic mass is 10.2. The molecular formula is C18H22ClNO2. The SMILES string of the molecule is CCCCOc1cccc(CNc2ccc(OC)c(Cl)c2)c1. The van der Waals surface area contributed by atoms with Gasteiger partial charge in [0.15, 0.2) is 0 Å². The average Bonchev–Trinajstić information content (AvgIpc) is 2.54. The number of nitrogens with one attached hydrogen (secondary N) is 1. The van der Waals surface area contributed by atoms with Crippen molar-refractivity contribution < 1.29 is 9.47 Å². The van der Waals surface area contributed by atoms with Crippen LogP contribution >= 0.6 is 11.6 Å². The first-order valence-electron chi connectivity index (χ1n) is 7.52. The van der Waals surface area contributed by atoms with Crippen LogP contribution in [0.5, 0.6) is 11.5 Å². The number of hydrogen-bond donors (Lipinski definition) is 1. The summed E-state index contributed by atoms with van der Waals surface area (Å²) in [6, 6.07) is 13.8. The monoisotopic (exact) mass is 319 g/mol. The van der Waals surface area contributed by atoms with E-state index in [-0.39, 0.29) is 0 Å². The summed E-state index contributed by atoms with van der Waals surface area (Å²) in [5.41, 5.74) is 2.13. The summed E-state index contributed by atoms with van der Waals surface area (Å²) in [6.45, 7) is 3.64. The molecule has 0 saturated carbocycles. The van der Waals surface area contributed by atoms with Crippen LogP contribution in [-0.2, 0) is 6.54 Å². The normalized spacial score (nSPS) is 10.3. The van der Waals surface area contributed by atoms with Gasteiger partial charge in [-0.15, -0.1) is 0 Å². The quantitative estimate of drug-likeness (QED) is 0.683. The van der Waals surface area contributed by atoms with Gasteiger partial charge in [-0.25, -0.2) is 0 Å². The molecule has 1 N–H and O–H groups in total. The molecule has 0 heterocycles. The van der Waals surface area contributed by atoms with Crippen molar-refractivity contribution >= 4 is 17.3 Å². The molecular weight excluding hydrogens is 298 g/mol. The van der Waals surface area contributed by atoms with Gasteiger partial charge in [0.05, 0.1) is 18.7 Å². The number of rotatable bonds is 8. The van der Waals surface area contributed by atoms with E-state index in [4.69, 9.17) is 21.1 Å². The zero-order chi connectivity index (χ0) is 15.8. The number of methoxy groups -OCH3 is 1. The van der Waals surface area contributed by atoms with Crippen LogP contribution in [0.2, 0.25) is 5.02 Å². The summed E-state index contributed by atoms with van der Waals surface area (Å²) in [4.78, 5) is 0. The van der Waals surface area contributed by atoms with Gasteiger partial charge in [0.25, 0.3) is 0 Å². The van der Waals surface area contributed by atoms with Crippen molar-refractivity contribution in [3.05, 3.63) is 53.1 Å². The van der Waals surface area contributed by atoms with Crippen LogP contribution in [0.3, 0.4) is 0 Å². The van der Waals surface area contributed by atoms with Gasteiger partial charge >= 0.3 is 0 Å². The third-order valence-electron chi connectivity index (χ3n) is 3.31. The number of hydrogen-bond acceptors (Lipinski definition) is 3. The molecule has 0 amide bonds. The van der Waals surface area contributed by atoms with E-state index in [0.29, 0.717) is 17.3 Å². The Morgan fingerprint density at radius 3 is 2.73 bits per heavy atom. The minimum Gasteiger partial charge on any atom is -0.495 e.